The number of carbonyl (C=O) groups is 2. The van der Waals surface area contributed by atoms with Crippen LogP contribution in [-0.2, 0) is 16.6 Å². The predicted molar refractivity (Wildman–Crippen MR) is 145 cm³/mol. The van der Waals surface area contributed by atoms with E-state index in [1.54, 1.807) is 25.2 Å². The molecule has 8 nitrogen and oxygen atoms in total. The van der Waals surface area contributed by atoms with Crippen LogP contribution in [0.25, 0.3) is 33.3 Å². The Balaban J connectivity index is 1.65. The Morgan fingerprint density at radius 3 is 2.55 bits per heavy atom. The molecule has 0 bridgehead atoms. The summed E-state index contributed by atoms with van der Waals surface area (Å²) in [4.78, 5) is 28.2. The van der Waals surface area contributed by atoms with Gasteiger partial charge in [0.1, 0.15) is 17.7 Å². The van der Waals surface area contributed by atoms with Crippen LogP contribution in [0, 0.1) is 23.1 Å². The molecule has 2 aromatic carbocycles. The largest absolute Gasteiger partial charge is 0.383 e. The second-order valence-corrected chi connectivity index (χ2v) is 9.34. The zero-order chi connectivity index (χ0) is 27.0. The number of anilines is 3. The van der Waals surface area contributed by atoms with Crippen molar-refractivity contribution in [3.63, 3.8) is 0 Å². The molecule has 2 aromatic heterocycles. The number of nitrogens with zero attached hydrogens (tertiary/aromatic N) is 3. The fourth-order valence-electron chi connectivity index (χ4n) is 4.67. The molecular formula is C29H25FN6O2. The van der Waals surface area contributed by atoms with Crippen LogP contribution < -0.4 is 16.4 Å². The molecule has 0 saturated heterocycles. The molecular weight excluding hydrogens is 483 g/mol. The molecule has 38 heavy (non-hydrogen) atoms. The third-order valence-electron chi connectivity index (χ3n) is 6.67. The molecule has 1 fully saturated rings. The summed E-state index contributed by atoms with van der Waals surface area (Å²) < 4.78 is 17.1. The van der Waals surface area contributed by atoms with Gasteiger partial charge in [0.2, 0.25) is 11.8 Å². The van der Waals surface area contributed by atoms with Crippen molar-refractivity contribution < 1.29 is 14.0 Å². The topological polar surface area (TPSA) is 126 Å². The first-order valence-corrected chi connectivity index (χ1v) is 12.1. The standard InChI is InChI=1S/C29H25FN6O2/c1-3-23(37)34-20-9-6-17(7-10-20)27-25(26-28(36(27)2)19(14-31)15-33-29(26)32)18-8-11-22(21(30)13-18)35-24(38)12-16-4-5-16/h3,6-11,13,15-16H,1,4-5,12H2,2H3,(H2,32,33)(H,34,37)(H,35,38). The first-order valence-electron chi connectivity index (χ1n) is 12.1. The fraction of sp³-hybridized carbons (Fsp3) is 0.172. The summed E-state index contributed by atoms with van der Waals surface area (Å²) in [5.41, 5.74) is 10.4. The van der Waals surface area contributed by atoms with Crippen LogP contribution in [0.4, 0.5) is 21.6 Å². The number of halogens is 1. The number of nitrogen functional groups attached to an aromatic ring is 1. The number of carbonyl (C=O) groups excluding carboxylic acids is 2. The molecule has 5 rings (SSSR count). The minimum Gasteiger partial charge on any atom is -0.383 e. The summed E-state index contributed by atoms with van der Waals surface area (Å²) in [5, 5.41) is 15.7. The molecule has 1 aliphatic carbocycles. The first-order chi connectivity index (χ1) is 18.3. The van der Waals surface area contributed by atoms with Crippen molar-refractivity contribution >= 4 is 39.9 Å². The van der Waals surface area contributed by atoms with E-state index in [4.69, 9.17) is 5.73 Å². The van der Waals surface area contributed by atoms with Crippen molar-refractivity contribution in [1.29, 1.82) is 5.26 Å². The maximum Gasteiger partial charge on any atom is 0.247 e. The quantitative estimate of drug-likeness (QED) is 0.290. The van der Waals surface area contributed by atoms with Crippen LogP contribution in [0.2, 0.25) is 0 Å². The lowest BCUT2D eigenvalue weighted by molar-refractivity contribution is -0.116. The molecule has 0 unspecified atom stereocenters. The van der Waals surface area contributed by atoms with Crippen LogP contribution in [0.1, 0.15) is 24.8 Å². The van der Waals surface area contributed by atoms with Gasteiger partial charge < -0.3 is 20.9 Å². The van der Waals surface area contributed by atoms with E-state index in [0.717, 1.165) is 18.4 Å². The number of aryl methyl sites for hydroxylation is 1. The third kappa shape index (κ3) is 4.60. The van der Waals surface area contributed by atoms with Crippen LogP contribution in [-0.4, -0.2) is 21.4 Å². The highest BCUT2D eigenvalue weighted by Crippen LogP contribution is 2.44. The van der Waals surface area contributed by atoms with Gasteiger partial charge in [-0.25, -0.2) is 9.37 Å². The number of nitriles is 1. The lowest BCUT2D eigenvalue weighted by Crippen LogP contribution is -2.13. The highest BCUT2D eigenvalue weighted by atomic mass is 19.1. The van der Waals surface area contributed by atoms with Crippen molar-refractivity contribution in [1.82, 2.24) is 9.55 Å². The van der Waals surface area contributed by atoms with Crippen LogP contribution >= 0.6 is 0 Å². The zero-order valence-electron chi connectivity index (χ0n) is 20.7. The number of pyridine rings is 1. The predicted octanol–water partition coefficient (Wildman–Crippen LogP) is 5.36. The number of nitrogens with one attached hydrogen (secondary N) is 2. The fourth-order valence-corrected chi connectivity index (χ4v) is 4.67. The Bertz CT molecular complexity index is 1640. The van der Waals surface area contributed by atoms with Crippen molar-refractivity contribution in [3.8, 4) is 28.5 Å². The molecule has 0 atom stereocenters. The molecule has 1 aliphatic rings. The van der Waals surface area contributed by atoms with Gasteiger partial charge in [-0.05, 0) is 60.2 Å². The minimum absolute atomic E-state index is 0.104. The third-order valence-corrected chi connectivity index (χ3v) is 6.67. The Morgan fingerprint density at radius 2 is 1.92 bits per heavy atom. The summed E-state index contributed by atoms with van der Waals surface area (Å²) in [6.45, 7) is 3.46. The number of benzene rings is 2. The first kappa shape index (κ1) is 24.7. The summed E-state index contributed by atoms with van der Waals surface area (Å²) in [5.74, 6) is -0.536. The lowest BCUT2D eigenvalue weighted by Gasteiger charge is -2.12. The summed E-state index contributed by atoms with van der Waals surface area (Å²) in [7, 11) is 1.80. The van der Waals surface area contributed by atoms with Crippen LogP contribution in [0.5, 0.6) is 0 Å². The van der Waals surface area contributed by atoms with Crippen molar-refractivity contribution in [2.24, 2.45) is 13.0 Å². The van der Waals surface area contributed by atoms with Crippen molar-refractivity contribution in [3.05, 3.63) is 72.7 Å². The number of fused-ring (bicyclic) bond motifs is 1. The maximum absolute atomic E-state index is 15.3. The summed E-state index contributed by atoms with van der Waals surface area (Å²) >= 11 is 0. The zero-order valence-corrected chi connectivity index (χ0v) is 20.7. The van der Waals surface area contributed by atoms with Gasteiger partial charge in [0.15, 0.2) is 0 Å². The molecule has 190 valence electrons. The average Bonchev–Trinajstić information content (AvgIpc) is 3.67. The van der Waals surface area contributed by atoms with Crippen LogP contribution in [0.3, 0.4) is 0 Å². The lowest BCUT2D eigenvalue weighted by atomic mass is 9.97. The highest BCUT2D eigenvalue weighted by molar-refractivity contribution is 6.11. The number of hydrogen-bond acceptors (Lipinski definition) is 5. The van der Waals surface area contributed by atoms with Gasteiger partial charge >= 0.3 is 0 Å². The van der Waals surface area contributed by atoms with Crippen molar-refractivity contribution in [2.45, 2.75) is 19.3 Å². The van der Waals surface area contributed by atoms with E-state index in [2.05, 4.69) is 28.3 Å². The van der Waals surface area contributed by atoms with Gasteiger partial charge in [-0.15, -0.1) is 0 Å². The van der Waals surface area contributed by atoms with Crippen molar-refractivity contribution in [2.75, 3.05) is 16.4 Å². The number of nitrogens with two attached hydrogens (primary N) is 1. The smallest absolute Gasteiger partial charge is 0.247 e. The number of hydrogen-bond donors (Lipinski definition) is 3. The monoisotopic (exact) mass is 508 g/mol. The average molecular weight is 509 g/mol. The molecule has 0 aliphatic heterocycles. The van der Waals surface area contributed by atoms with Gasteiger partial charge in [-0.2, -0.15) is 5.26 Å². The molecule has 0 radical (unpaired) electrons. The second kappa shape index (κ2) is 9.82. The number of aromatic nitrogens is 2. The molecule has 2 amide bonds. The molecule has 9 heteroatoms. The molecule has 1 saturated carbocycles. The van der Waals surface area contributed by atoms with E-state index in [0.29, 0.717) is 51.3 Å². The molecule has 2 heterocycles. The molecule has 4 N–H and O–H groups in total. The molecule has 4 aromatic rings. The van der Waals surface area contributed by atoms with Crippen LogP contribution in [0.15, 0.2) is 61.3 Å². The van der Waals surface area contributed by atoms with E-state index in [9.17, 15) is 14.9 Å². The summed E-state index contributed by atoms with van der Waals surface area (Å²) in [6.07, 6.45) is 5.04. The van der Waals surface area contributed by atoms with E-state index in [-0.39, 0.29) is 23.3 Å². The van der Waals surface area contributed by atoms with E-state index < -0.39 is 5.82 Å². The van der Waals surface area contributed by atoms with E-state index in [1.165, 1.54) is 24.4 Å². The second-order valence-electron chi connectivity index (χ2n) is 9.34. The summed E-state index contributed by atoms with van der Waals surface area (Å²) in [6, 6.07) is 13.9. The van der Waals surface area contributed by atoms with E-state index in [1.807, 2.05) is 16.7 Å². The number of amides is 2. The maximum atomic E-state index is 15.3. The minimum atomic E-state index is -0.583. The normalized spacial score (nSPS) is 12.7. The van der Waals surface area contributed by atoms with Gasteiger partial charge in [0.25, 0.3) is 0 Å². The Labute approximate surface area is 218 Å². The van der Waals surface area contributed by atoms with Gasteiger partial charge in [-0.1, -0.05) is 24.8 Å². The highest BCUT2D eigenvalue weighted by Gasteiger charge is 2.26. The Kier molecular flexibility index (Phi) is 6.39. The molecule has 0 spiro atoms. The van der Waals surface area contributed by atoms with Gasteiger partial charge in [-0.3, -0.25) is 9.59 Å². The Morgan fingerprint density at radius 1 is 1.21 bits per heavy atom. The number of rotatable bonds is 7. The Hall–Kier alpha value is -4.97. The van der Waals surface area contributed by atoms with E-state index >= 15 is 4.39 Å². The SMILES string of the molecule is C=CC(=O)Nc1ccc(-c2c(-c3ccc(NC(=O)CC4CC4)c(F)c3)c3c(N)ncc(C#N)c3n2C)cc1. The van der Waals surface area contributed by atoms with Gasteiger partial charge in [0.05, 0.1) is 27.8 Å². The van der Waals surface area contributed by atoms with Gasteiger partial charge in [0, 0.05) is 30.9 Å².